The number of ether oxygens (including phenoxy) is 1. The van der Waals surface area contributed by atoms with E-state index in [0.29, 0.717) is 0 Å². The standard InChI is InChI=1S/C21H29N3O2/c1-20(2,3)18-12-15(25)13-21(26-18)8-10-24(11-9-21)19-14-22-16-6-4-5-7-17(16)23-19/h4-7,14-15,18,25H,8-13H2,1-3H3/t15-,18-/m1/s1. The lowest BCUT2D eigenvalue weighted by molar-refractivity contribution is -0.199. The number of nitrogens with zero attached hydrogens (tertiary/aromatic N) is 3. The van der Waals surface area contributed by atoms with Crippen molar-refractivity contribution in [2.45, 2.75) is 64.3 Å². The fourth-order valence-corrected chi connectivity index (χ4v) is 4.25. The lowest BCUT2D eigenvalue weighted by atomic mass is 9.76. The van der Waals surface area contributed by atoms with Crippen LogP contribution in [0.25, 0.3) is 11.0 Å². The average Bonchev–Trinajstić information content (AvgIpc) is 2.60. The molecule has 0 amide bonds. The molecule has 1 spiro atoms. The van der Waals surface area contributed by atoms with Gasteiger partial charge in [0.1, 0.15) is 5.82 Å². The van der Waals surface area contributed by atoms with Crippen LogP contribution in [0.1, 0.15) is 46.5 Å². The Labute approximate surface area is 155 Å². The van der Waals surface area contributed by atoms with Crippen LogP contribution in [0.15, 0.2) is 30.5 Å². The predicted molar refractivity (Wildman–Crippen MR) is 103 cm³/mol. The second-order valence-electron chi connectivity index (χ2n) is 8.95. The average molecular weight is 355 g/mol. The monoisotopic (exact) mass is 355 g/mol. The fourth-order valence-electron chi connectivity index (χ4n) is 4.25. The van der Waals surface area contributed by atoms with E-state index >= 15 is 0 Å². The number of anilines is 1. The summed E-state index contributed by atoms with van der Waals surface area (Å²) in [4.78, 5) is 11.6. The second-order valence-corrected chi connectivity index (χ2v) is 8.95. The van der Waals surface area contributed by atoms with Gasteiger partial charge in [0.15, 0.2) is 0 Å². The van der Waals surface area contributed by atoms with Crippen LogP contribution in [-0.4, -0.2) is 46.0 Å². The van der Waals surface area contributed by atoms with Crippen LogP contribution in [0.4, 0.5) is 5.82 Å². The molecular formula is C21H29N3O2. The number of para-hydroxylation sites is 2. The number of fused-ring (bicyclic) bond motifs is 1. The highest BCUT2D eigenvalue weighted by molar-refractivity contribution is 5.75. The van der Waals surface area contributed by atoms with Gasteiger partial charge in [0.25, 0.3) is 0 Å². The Morgan fingerprint density at radius 3 is 2.54 bits per heavy atom. The van der Waals surface area contributed by atoms with Crippen molar-refractivity contribution in [2.75, 3.05) is 18.0 Å². The van der Waals surface area contributed by atoms with Crippen LogP contribution in [0.5, 0.6) is 0 Å². The zero-order valence-electron chi connectivity index (χ0n) is 16.0. The van der Waals surface area contributed by atoms with Gasteiger partial charge in [0.2, 0.25) is 0 Å². The molecule has 0 saturated carbocycles. The maximum atomic E-state index is 10.4. The van der Waals surface area contributed by atoms with Gasteiger partial charge in [-0.15, -0.1) is 0 Å². The maximum Gasteiger partial charge on any atom is 0.147 e. The second kappa shape index (κ2) is 6.46. The summed E-state index contributed by atoms with van der Waals surface area (Å²) in [5.41, 5.74) is 1.71. The lowest BCUT2D eigenvalue weighted by Gasteiger charge is -2.50. The van der Waals surface area contributed by atoms with Gasteiger partial charge in [-0.25, -0.2) is 4.98 Å². The highest BCUT2D eigenvalue weighted by Gasteiger charge is 2.46. The first-order valence-electron chi connectivity index (χ1n) is 9.67. The number of hydrogen-bond acceptors (Lipinski definition) is 5. The smallest absolute Gasteiger partial charge is 0.147 e. The minimum atomic E-state index is -0.264. The summed E-state index contributed by atoms with van der Waals surface area (Å²) in [6.07, 6.45) is 5.05. The van der Waals surface area contributed by atoms with Gasteiger partial charge in [-0.2, -0.15) is 0 Å². The van der Waals surface area contributed by atoms with Gasteiger partial charge in [0.05, 0.1) is 35.0 Å². The summed E-state index contributed by atoms with van der Waals surface area (Å²) < 4.78 is 6.58. The number of hydrogen-bond donors (Lipinski definition) is 1. The van der Waals surface area contributed by atoms with Gasteiger partial charge in [-0.1, -0.05) is 32.9 Å². The van der Waals surface area contributed by atoms with Crippen molar-refractivity contribution in [3.05, 3.63) is 30.5 Å². The van der Waals surface area contributed by atoms with Crippen LogP contribution in [0, 0.1) is 5.41 Å². The Hall–Kier alpha value is -1.72. The molecule has 26 heavy (non-hydrogen) atoms. The summed E-state index contributed by atoms with van der Waals surface area (Å²) in [5, 5.41) is 10.4. The first-order chi connectivity index (χ1) is 12.3. The molecule has 2 saturated heterocycles. The zero-order chi connectivity index (χ0) is 18.4. The minimum Gasteiger partial charge on any atom is -0.393 e. The van der Waals surface area contributed by atoms with Crippen LogP contribution in [-0.2, 0) is 4.74 Å². The number of rotatable bonds is 1. The molecule has 5 heteroatoms. The van der Waals surface area contributed by atoms with Crippen molar-refractivity contribution in [3.8, 4) is 0 Å². The Bertz CT molecular complexity index is 778. The van der Waals surface area contributed by atoms with Gasteiger partial charge in [-0.3, -0.25) is 4.98 Å². The van der Waals surface area contributed by atoms with Gasteiger partial charge >= 0.3 is 0 Å². The normalized spacial score (nSPS) is 26.4. The van der Waals surface area contributed by atoms with Crippen molar-refractivity contribution in [1.82, 2.24) is 9.97 Å². The Balaban J connectivity index is 1.49. The SMILES string of the molecule is CC(C)(C)[C@H]1C[C@@H](O)CC2(CCN(c3cnc4ccccc4n3)CC2)O1. The van der Waals surface area contributed by atoms with Crippen LogP contribution < -0.4 is 4.90 Å². The Morgan fingerprint density at radius 2 is 1.85 bits per heavy atom. The van der Waals surface area contributed by atoms with Crippen molar-refractivity contribution in [2.24, 2.45) is 5.41 Å². The minimum absolute atomic E-state index is 0.0509. The third-order valence-corrected chi connectivity index (χ3v) is 5.89. The molecule has 2 atom stereocenters. The quantitative estimate of drug-likeness (QED) is 0.848. The molecule has 0 bridgehead atoms. The number of aliphatic hydroxyl groups excluding tert-OH is 1. The van der Waals surface area contributed by atoms with Crippen LogP contribution >= 0.6 is 0 Å². The lowest BCUT2D eigenvalue weighted by Crippen LogP contribution is -2.55. The number of piperidine rings is 1. The van der Waals surface area contributed by atoms with E-state index in [4.69, 9.17) is 9.72 Å². The molecule has 2 aliphatic rings. The topological polar surface area (TPSA) is 58.5 Å². The van der Waals surface area contributed by atoms with E-state index in [9.17, 15) is 5.11 Å². The summed E-state index contributed by atoms with van der Waals surface area (Å²) in [5.74, 6) is 0.933. The zero-order valence-corrected chi connectivity index (χ0v) is 16.0. The van der Waals surface area contributed by atoms with Crippen molar-refractivity contribution < 1.29 is 9.84 Å². The van der Waals surface area contributed by atoms with E-state index in [1.165, 1.54) is 0 Å². The number of benzene rings is 1. The molecule has 0 aliphatic carbocycles. The Kier molecular flexibility index (Phi) is 4.40. The third kappa shape index (κ3) is 3.42. The van der Waals surface area contributed by atoms with E-state index in [1.807, 2.05) is 30.5 Å². The Morgan fingerprint density at radius 1 is 1.15 bits per heavy atom. The number of aliphatic hydroxyl groups is 1. The molecule has 140 valence electrons. The van der Waals surface area contributed by atoms with Crippen LogP contribution in [0.2, 0.25) is 0 Å². The molecule has 0 radical (unpaired) electrons. The summed E-state index contributed by atoms with van der Waals surface area (Å²) in [7, 11) is 0. The van der Waals surface area contributed by atoms with Crippen molar-refractivity contribution in [1.29, 1.82) is 0 Å². The molecule has 2 fully saturated rings. The molecule has 1 aromatic carbocycles. The first-order valence-corrected chi connectivity index (χ1v) is 9.67. The van der Waals surface area contributed by atoms with Crippen molar-refractivity contribution in [3.63, 3.8) is 0 Å². The molecule has 4 rings (SSSR count). The molecule has 1 aromatic heterocycles. The van der Waals surface area contributed by atoms with Crippen LogP contribution in [0.3, 0.4) is 0 Å². The fraction of sp³-hybridized carbons (Fsp3) is 0.619. The molecule has 0 unspecified atom stereocenters. The van der Waals surface area contributed by atoms with E-state index in [2.05, 4.69) is 30.7 Å². The summed E-state index contributed by atoms with van der Waals surface area (Å²) in [6.45, 7) is 8.36. The van der Waals surface area contributed by atoms with Crippen molar-refractivity contribution >= 4 is 16.9 Å². The molecule has 2 aromatic rings. The third-order valence-electron chi connectivity index (χ3n) is 5.89. The maximum absolute atomic E-state index is 10.4. The van der Waals surface area contributed by atoms with E-state index in [-0.39, 0.29) is 23.2 Å². The number of aromatic nitrogens is 2. The van der Waals surface area contributed by atoms with Gasteiger partial charge < -0.3 is 14.7 Å². The van der Waals surface area contributed by atoms with Gasteiger partial charge in [0, 0.05) is 25.9 Å². The highest BCUT2D eigenvalue weighted by Crippen LogP contribution is 2.42. The highest BCUT2D eigenvalue weighted by atomic mass is 16.5. The van der Waals surface area contributed by atoms with Gasteiger partial charge in [-0.05, 0) is 30.4 Å². The van der Waals surface area contributed by atoms with E-state index in [0.717, 1.165) is 55.6 Å². The largest absolute Gasteiger partial charge is 0.393 e. The predicted octanol–water partition coefficient (Wildman–Crippen LogP) is 3.55. The van der Waals surface area contributed by atoms with E-state index < -0.39 is 0 Å². The van der Waals surface area contributed by atoms with E-state index in [1.54, 1.807) is 0 Å². The molecule has 1 N–H and O–H groups in total. The molecule has 3 heterocycles. The molecular weight excluding hydrogens is 326 g/mol. The molecule has 2 aliphatic heterocycles. The molecule has 5 nitrogen and oxygen atoms in total. The summed E-state index contributed by atoms with van der Waals surface area (Å²) >= 11 is 0. The summed E-state index contributed by atoms with van der Waals surface area (Å²) in [6, 6.07) is 7.97. The first kappa shape index (κ1) is 17.7.